The largest absolute Gasteiger partial charge is 0.399 e. The normalized spacial score (nSPS) is 11.4. The third-order valence-electron chi connectivity index (χ3n) is 5.29. The fourth-order valence-corrected chi connectivity index (χ4v) is 3.73. The van der Waals surface area contributed by atoms with Gasteiger partial charge in [0.2, 0.25) is 0 Å². The van der Waals surface area contributed by atoms with Gasteiger partial charge in [-0.15, -0.1) is 0 Å². The molecule has 0 saturated heterocycles. The molecule has 0 unspecified atom stereocenters. The van der Waals surface area contributed by atoms with Gasteiger partial charge in [-0.25, -0.2) is 0 Å². The zero-order valence-corrected chi connectivity index (χ0v) is 15.5. The molecular weight excluding hydrogens is 316 g/mol. The topological polar surface area (TPSA) is 52.0 Å². The Morgan fingerprint density at radius 1 is 0.577 bits per heavy atom. The van der Waals surface area contributed by atoms with Gasteiger partial charge in [0.05, 0.1) is 0 Å². The first kappa shape index (κ1) is 18.1. The Hall–Kier alpha value is -2.74. The van der Waals surface area contributed by atoms with Gasteiger partial charge in [-0.05, 0) is 72.1 Å². The van der Waals surface area contributed by atoms with Crippen molar-refractivity contribution in [3.63, 3.8) is 0 Å². The van der Waals surface area contributed by atoms with E-state index >= 15 is 0 Å². The van der Waals surface area contributed by atoms with E-state index in [0.717, 1.165) is 37.1 Å². The summed E-state index contributed by atoms with van der Waals surface area (Å²) in [5, 5.41) is 0. The molecule has 0 saturated carbocycles. The van der Waals surface area contributed by atoms with Crippen molar-refractivity contribution >= 4 is 11.4 Å². The van der Waals surface area contributed by atoms with Crippen LogP contribution in [0.15, 0.2) is 78.9 Å². The van der Waals surface area contributed by atoms with Crippen LogP contribution in [-0.2, 0) is 19.3 Å². The third-order valence-corrected chi connectivity index (χ3v) is 5.29. The SMILES string of the molecule is CCC(Cc1ccccc1)(Cc1ccc(N)cc1)Cc1ccc(N)cc1. The van der Waals surface area contributed by atoms with E-state index < -0.39 is 0 Å². The molecule has 0 aliphatic heterocycles. The van der Waals surface area contributed by atoms with Crippen molar-refractivity contribution in [3.8, 4) is 0 Å². The van der Waals surface area contributed by atoms with Crippen LogP contribution < -0.4 is 11.5 Å². The number of hydrogen-bond donors (Lipinski definition) is 2. The van der Waals surface area contributed by atoms with Crippen molar-refractivity contribution in [3.05, 3.63) is 95.6 Å². The molecule has 4 N–H and O–H groups in total. The summed E-state index contributed by atoms with van der Waals surface area (Å²) in [5.74, 6) is 0. The summed E-state index contributed by atoms with van der Waals surface area (Å²) in [4.78, 5) is 0. The number of benzene rings is 3. The second-order valence-corrected chi connectivity index (χ2v) is 7.35. The number of hydrogen-bond acceptors (Lipinski definition) is 2. The lowest BCUT2D eigenvalue weighted by Crippen LogP contribution is -2.29. The lowest BCUT2D eigenvalue weighted by atomic mass is 9.70. The zero-order valence-electron chi connectivity index (χ0n) is 15.5. The van der Waals surface area contributed by atoms with Crippen molar-refractivity contribution in [2.24, 2.45) is 5.41 Å². The molecule has 0 atom stereocenters. The first-order chi connectivity index (χ1) is 12.6. The van der Waals surface area contributed by atoms with Crippen molar-refractivity contribution in [2.75, 3.05) is 11.5 Å². The number of nitrogens with two attached hydrogens (primary N) is 2. The summed E-state index contributed by atoms with van der Waals surface area (Å²) < 4.78 is 0. The Bertz CT molecular complexity index is 758. The molecule has 3 aromatic rings. The molecule has 0 aliphatic rings. The van der Waals surface area contributed by atoms with Crippen molar-refractivity contribution in [2.45, 2.75) is 32.6 Å². The highest BCUT2D eigenvalue weighted by Crippen LogP contribution is 2.36. The summed E-state index contributed by atoms with van der Waals surface area (Å²) in [6, 6.07) is 27.4. The highest BCUT2D eigenvalue weighted by Gasteiger charge is 2.29. The fourth-order valence-electron chi connectivity index (χ4n) is 3.73. The summed E-state index contributed by atoms with van der Waals surface area (Å²) in [6.07, 6.45) is 4.22. The minimum atomic E-state index is 0.160. The average molecular weight is 345 g/mol. The molecule has 2 nitrogen and oxygen atoms in total. The maximum Gasteiger partial charge on any atom is 0.0314 e. The van der Waals surface area contributed by atoms with Crippen LogP contribution in [-0.4, -0.2) is 0 Å². The van der Waals surface area contributed by atoms with Gasteiger partial charge in [0.1, 0.15) is 0 Å². The molecule has 26 heavy (non-hydrogen) atoms. The fraction of sp³-hybridized carbons (Fsp3) is 0.250. The molecule has 0 spiro atoms. The Labute approximate surface area is 156 Å². The lowest BCUT2D eigenvalue weighted by molar-refractivity contribution is 0.266. The second-order valence-electron chi connectivity index (χ2n) is 7.35. The Morgan fingerprint density at radius 2 is 0.962 bits per heavy atom. The van der Waals surface area contributed by atoms with Gasteiger partial charge < -0.3 is 11.5 Å². The van der Waals surface area contributed by atoms with Crippen molar-refractivity contribution in [1.82, 2.24) is 0 Å². The van der Waals surface area contributed by atoms with Crippen molar-refractivity contribution in [1.29, 1.82) is 0 Å². The third kappa shape index (κ3) is 4.66. The molecule has 0 amide bonds. The Morgan fingerprint density at radius 3 is 1.35 bits per heavy atom. The highest BCUT2D eigenvalue weighted by molar-refractivity contribution is 5.41. The molecule has 0 aliphatic carbocycles. The van der Waals surface area contributed by atoms with Gasteiger partial charge in [-0.1, -0.05) is 61.5 Å². The summed E-state index contributed by atoms with van der Waals surface area (Å²) in [5.41, 5.74) is 17.6. The molecule has 0 fully saturated rings. The number of nitrogen functional groups attached to an aromatic ring is 2. The molecular formula is C24H28N2. The molecule has 0 aromatic heterocycles. The molecule has 0 bridgehead atoms. The maximum absolute atomic E-state index is 5.87. The van der Waals surface area contributed by atoms with E-state index in [2.05, 4.69) is 61.5 Å². The van der Waals surface area contributed by atoms with Crippen LogP contribution in [0, 0.1) is 5.41 Å². The van der Waals surface area contributed by atoms with Gasteiger partial charge in [-0.2, -0.15) is 0 Å². The Balaban J connectivity index is 1.91. The summed E-state index contributed by atoms with van der Waals surface area (Å²) in [6.45, 7) is 2.30. The smallest absolute Gasteiger partial charge is 0.0314 e. The first-order valence-corrected chi connectivity index (χ1v) is 9.31. The number of anilines is 2. The van der Waals surface area contributed by atoms with Gasteiger partial charge in [0, 0.05) is 11.4 Å². The minimum absolute atomic E-state index is 0.160. The van der Waals surface area contributed by atoms with Crippen LogP contribution in [0.1, 0.15) is 30.0 Å². The summed E-state index contributed by atoms with van der Waals surface area (Å²) in [7, 11) is 0. The predicted molar refractivity (Wildman–Crippen MR) is 112 cm³/mol. The van der Waals surface area contributed by atoms with E-state index in [4.69, 9.17) is 11.5 Å². The van der Waals surface area contributed by atoms with Gasteiger partial charge in [-0.3, -0.25) is 0 Å². The van der Waals surface area contributed by atoms with Crippen LogP contribution >= 0.6 is 0 Å². The van der Waals surface area contributed by atoms with Gasteiger partial charge >= 0.3 is 0 Å². The zero-order chi connectivity index (χ0) is 18.4. The van der Waals surface area contributed by atoms with Gasteiger partial charge in [0.25, 0.3) is 0 Å². The standard InChI is InChI=1S/C24H28N2/c1-2-24(16-19-6-4-3-5-7-19,17-20-8-12-22(25)13-9-20)18-21-10-14-23(26)15-11-21/h3-15H,2,16-18,25-26H2,1H3. The Kier molecular flexibility index (Phi) is 5.62. The average Bonchev–Trinajstić information content (AvgIpc) is 2.66. The molecule has 3 aromatic carbocycles. The molecule has 0 radical (unpaired) electrons. The van der Waals surface area contributed by atoms with Crippen molar-refractivity contribution < 1.29 is 0 Å². The quantitative estimate of drug-likeness (QED) is 0.573. The molecule has 2 heteroatoms. The highest BCUT2D eigenvalue weighted by atomic mass is 14.5. The monoisotopic (exact) mass is 344 g/mol. The first-order valence-electron chi connectivity index (χ1n) is 9.31. The van der Waals surface area contributed by atoms with Crippen LogP contribution in [0.2, 0.25) is 0 Å². The van der Waals surface area contributed by atoms with E-state index in [1.165, 1.54) is 16.7 Å². The lowest BCUT2D eigenvalue weighted by Gasteiger charge is -2.34. The van der Waals surface area contributed by atoms with Crippen LogP contribution in [0.4, 0.5) is 11.4 Å². The molecule has 134 valence electrons. The minimum Gasteiger partial charge on any atom is -0.399 e. The predicted octanol–water partition coefficient (Wildman–Crippen LogP) is 5.28. The van der Waals surface area contributed by atoms with Crippen LogP contribution in [0.5, 0.6) is 0 Å². The second kappa shape index (κ2) is 8.09. The van der Waals surface area contributed by atoms with Gasteiger partial charge in [0.15, 0.2) is 0 Å². The van der Waals surface area contributed by atoms with E-state index in [-0.39, 0.29) is 5.41 Å². The molecule has 3 rings (SSSR count). The molecule has 0 heterocycles. The van der Waals surface area contributed by atoms with Crippen LogP contribution in [0.25, 0.3) is 0 Å². The van der Waals surface area contributed by atoms with E-state index in [9.17, 15) is 0 Å². The van der Waals surface area contributed by atoms with E-state index in [0.29, 0.717) is 0 Å². The van der Waals surface area contributed by atoms with E-state index in [1.54, 1.807) is 0 Å². The van der Waals surface area contributed by atoms with E-state index in [1.807, 2.05) is 24.3 Å². The maximum atomic E-state index is 5.87. The summed E-state index contributed by atoms with van der Waals surface area (Å²) >= 11 is 0. The van der Waals surface area contributed by atoms with Crippen LogP contribution in [0.3, 0.4) is 0 Å². The number of rotatable bonds is 7.